The van der Waals surface area contributed by atoms with Crippen LogP contribution in [0.15, 0.2) is 6.07 Å². The van der Waals surface area contributed by atoms with E-state index in [9.17, 15) is 13.2 Å². The number of aromatic nitrogens is 2. The van der Waals surface area contributed by atoms with Gasteiger partial charge in [0.15, 0.2) is 9.84 Å². The smallest absolute Gasteiger partial charge is 0.271 e. The van der Waals surface area contributed by atoms with Crippen molar-refractivity contribution in [1.29, 1.82) is 0 Å². The van der Waals surface area contributed by atoms with Crippen LogP contribution in [-0.2, 0) is 16.3 Å². The van der Waals surface area contributed by atoms with Crippen LogP contribution in [0.2, 0.25) is 0 Å². The molecule has 2 heterocycles. The summed E-state index contributed by atoms with van der Waals surface area (Å²) in [6.45, 7) is 2.45. The molecule has 6 nitrogen and oxygen atoms in total. The molecule has 0 bridgehead atoms. The Hall–Kier alpha value is -1.37. The molecule has 1 aliphatic rings. The number of rotatable bonds is 5. The number of hydrogen-bond acceptors (Lipinski definition) is 4. The Morgan fingerprint density at radius 2 is 2.37 bits per heavy atom. The van der Waals surface area contributed by atoms with Gasteiger partial charge in [-0.1, -0.05) is 13.3 Å². The maximum absolute atomic E-state index is 11.8. The molecule has 2 N–H and O–H groups in total. The van der Waals surface area contributed by atoms with Crippen molar-refractivity contribution in [3.63, 3.8) is 0 Å². The zero-order valence-corrected chi connectivity index (χ0v) is 11.8. The van der Waals surface area contributed by atoms with Crippen LogP contribution in [-0.4, -0.2) is 42.6 Å². The first-order valence-electron chi connectivity index (χ1n) is 6.53. The molecule has 2 rings (SSSR count). The Kier molecular flexibility index (Phi) is 4.24. The molecule has 1 fully saturated rings. The minimum atomic E-state index is -2.88. The van der Waals surface area contributed by atoms with E-state index in [1.165, 1.54) is 0 Å². The van der Waals surface area contributed by atoms with Gasteiger partial charge >= 0.3 is 0 Å². The number of sulfone groups is 1. The van der Waals surface area contributed by atoms with E-state index < -0.39 is 9.84 Å². The molecule has 0 saturated carbocycles. The minimum absolute atomic E-state index is 0.0306. The zero-order valence-electron chi connectivity index (χ0n) is 11.0. The Morgan fingerprint density at radius 1 is 1.58 bits per heavy atom. The molecule has 1 amide bonds. The Bertz CT molecular complexity index is 550. The molecule has 0 aromatic carbocycles. The molecule has 0 radical (unpaired) electrons. The monoisotopic (exact) mass is 285 g/mol. The number of carbonyl (C=O) groups excluding carboxylic acids is 1. The van der Waals surface area contributed by atoms with Crippen LogP contribution in [0.25, 0.3) is 0 Å². The highest BCUT2D eigenvalue weighted by Gasteiger charge is 2.28. The van der Waals surface area contributed by atoms with Gasteiger partial charge in [0.05, 0.1) is 11.5 Å². The molecular weight excluding hydrogens is 266 g/mol. The summed E-state index contributed by atoms with van der Waals surface area (Å²) in [4.78, 5) is 11.8. The van der Waals surface area contributed by atoms with Crippen LogP contribution in [0, 0.1) is 5.92 Å². The zero-order chi connectivity index (χ0) is 13.9. The molecular formula is C12H19N3O3S. The molecule has 1 saturated heterocycles. The molecule has 1 atom stereocenters. The highest BCUT2D eigenvalue weighted by Crippen LogP contribution is 2.17. The maximum Gasteiger partial charge on any atom is 0.271 e. The molecule has 0 aliphatic carbocycles. The lowest BCUT2D eigenvalue weighted by atomic mass is 10.1. The molecule has 19 heavy (non-hydrogen) atoms. The largest absolute Gasteiger partial charge is 0.350 e. The lowest BCUT2D eigenvalue weighted by molar-refractivity contribution is 0.0943. The second-order valence-electron chi connectivity index (χ2n) is 5.01. The first-order chi connectivity index (χ1) is 9.00. The van der Waals surface area contributed by atoms with Crippen molar-refractivity contribution in [3.05, 3.63) is 17.5 Å². The van der Waals surface area contributed by atoms with E-state index in [-0.39, 0.29) is 23.3 Å². The predicted octanol–water partition coefficient (Wildman–Crippen LogP) is 0.527. The normalized spacial score (nSPS) is 21.4. The first-order valence-corrected chi connectivity index (χ1v) is 8.35. The average Bonchev–Trinajstić information content (AvgIpc) is 2.93. The van der Waals surface area contributed by atoms with Crippen molar-refractivity contribution in [2.75, 3.05) is 18.1 Å². The van der Waals surface area contributed by atoms with Crippen LogP contribution < -0.4 is 5.32 Å². The Balaban J connectivity index is 1.84. The fraction of sp³-hybridized carbons (Fsp3) is 0.667. The summed E-state index contributed by atoms with van der Waals surface area (Å²) in [6, 6.07) is 1.74. The van der Waals surface area contributed by atoms with Gasteiger partial charge < -0.3 is 5.32 Å². The number of carbonyl (C=O) groups is 1. The van der Waals surface area contributed by atoms with Gasteiger partial charge in [-0.05, 0) is 24.8 Å². The third kappa shape index (κ3) is 3.79. The van der Waals surface area contributed by atoms with Gasteiger partial charge in [0.25, 0.3) is 5.91 Å². The summed E-state index contributed by atoms with van der Waals surface area (Å²) in [5.74, 6) is 0.191. The number of hydrogen-bond donors (Lipinski definition) is 2. The summed E-state index contributed by atoms with van der Waals surface area (Å²) in [5.41, 5.74) is 1.31. The van der Waals surface area contributed by atoms with Crippen molar-refractivity contribution >= 4 is 15.7 Å². The van der Waals surface area contributed by atoms with Gasteiger partial charge in [-0.2, -0.15) is 5.10 Å². The van der Waals surface area contributed by atoms with E-state index in [1.807, 2.05) is 0 Å². The van der Waals surface area contributed by atoms with Gasteiger partial charge in [-0.3, -0.25) is 9.89 Å². The summed E-state index contributed by atoms with van der Waals surface area (Å²) in [5, 5.41) is 9.52. The van der Waals surface area contributed by atoms with Crippen molar-refractivity contribution in [3.8, 4) is 0 Å². The lowest BCUT2D eigenvalue weighted by Crippen LogP contribution is -2.30. The third-order valence-corrected chi connectivity index (χ3v) is 5.10. The minimum Gasteiger partial charge on any atom is -0.350 e. The molecule has 0 unspecified atom stereocenters. The number of H-pyrrole nitrogens is 1. The molecule has 0 spiro atoms. The van der Waals surface area contributed by atoms with Crippen molar-refractivity contribution in [2.45, 2.75) is 26.2 Å². The van der Waals surface area contributed by atoms with Crippen LogP contribution in [0.3, 0.4) is 0 Å². The van der Waals surface area contributed by atoms with Crippen LogP contribution >= 0.6 is 0 Å². The van der Waals surface area contributed by atoms with E-state index in [0.717, 1.165) is 18.5 Å². The number of nitrogens with zero attached hydrogens (tertiary/aromatic N) is 1. The van der Waals surface area contributed by atoms with Crippen LogP contribution in [0.5, 0.6) is 0 Å². The molecule has 106 valence electrons. The van der Waals surface area contributed by atoms with Gasteiger partial charge in [0.1, 0.15) is 5.69 Å². The fourth-order valence-electron chi connectivity index (χ4n) is 2.24. The van der Waals surface area contributed by atoms with Crippen molar-refractivity contribution < 1.29 is 13.2 Å². The molecule has 1 aromatic heterocycles. The van der Waals surface area contributed by atoms with Gasteiger partial charge in [0.2, 0.25) is 0 Å². The Labute approximate surface area is 112 Å². The van der Waals surface area contributed by atoms with Gasteiger partial charge in [-0.15, -0.1) is 0 Å². The summed E-state index contributed by atoms with van der Waals surface area (Å²) in [6.07, 6.45) is 2.48. The summed E-state index contributed by atoms with van der Waals surface area (Å²) in [7, 11) is -2.88. The van der Waals surface area contributed by atoms with E-state index in [0.29, 0.717) is 18.7 Å². The standard InChI is InChI=1S/C12H19N3O3S/c1-2-3-10-6-11(15-14-10)12(16)13-7-9-4-5-19(17,18)8-9/h6,9H,2-5,7-8H2,1H3,(H,13,16)(H,14,15)/t9-/m0/s1. The van der Waals surface area contributed by atoms with Crippen molar-refractivity contribution in [2.24, 2.45) is 5.92 Å². The number of aryl methyl sites for hydroxylation is 1. The van der Waals surface area contributed by atoms with Crippen LogP contribution in [0.4, 0.5) is 0 Å². The average molecular weight is 285 g/mol. The highest BCUT2D eigenvalue weighted by atomic mass is 32.2. The summed E-state index contributed by atoms with van der Waals surface area (Å²) < 4.78 is 22.6. The lowest BCUT2D eigenvalue weighted by Gasteiger charge is -2.07. The number of nitrogens with one attached hydrogen (secondary N) is 2. The molecule has 1 aliphatic heterocycles. The molecule has 7 heteroatoms. The van der Waals surface area contributed by atoms with E-state index in [1.54, 1.807) is 6.07 Å². The third-order valence-electron chi connectivity index (χ3n) is 3.26. The van der Waals surface area contributed by atoms with E-state index in [4.69, 9.17) is 0 Å². The number of amides is 1. The SMILES string of the molecule is CCCc1cc(C(=O)NC[C@@H]2CCS(=O)(=O)C2)n[nH]1. The quantitative estimate of drug-likeness (QED) is 0.825. The predicted molar refractivity (Wildman–Crippen MR) is 71.7 cm³/mol. The van der Waals surface area contributed by atoms with Gasteiger partial charge in [-0.25, -0.2) is 8.42 Å². The first kappa shape index (κ1) is 14.0. The van der Waals surface area contributed by atoms with Crippen molar-refractivity contribution in [1.82, 2.24) is 15.5 Å². The molecule has 1 aromatic rings. The van der Waals surface area contributed by atoms with E-state index in [2.05, 4.69) is 22.4 Å². The second-order valence-corrected chi connectivity index (χ2v) is 7.24. The number of aromatic amines is 1. The second kappa shape index (κ2) is 5.73. The van der Waals surface area contributed by atoms with E-state index >= 15 is 0 Å². The highest BCUT2D eigenvalue weighted by molar-refractivity contribution is 7.91. The van der Waals surface area contributed by atoms with Crippen LogP contribution in [0.1, 0.15) is 35.9 Å². The maximum atomic E-state index is 11.8. The summed E-state index contributed by atoms with van der Waals surface area (Å²) >= 11 is 0. The fourth-order valence-corrected chi connectivity index (χ4v) is 4.10. The van der Waals surface area contributed by atoms with Gasteiger partial charge in [0, 0.05) is 12.2 Å². The topological polar surface area (TPSA) is 91.9 Å². The Morgan fingerprint density at radius 3 is 3.00 bits per heavy atom.